The number of rotatable bonds is 7. The highest BCUT2D eigenvalue weighted by Crippen LogP contribution is 2.29. The lowest BCUT2D eigenvalue weighted by molar-refractivity contribution is -0.137. The monoisotopic (exact) mass is 400 g/mol. The third-order valence-electron chi connectivity index (χ3n) is 3.73. The van der Waals surface area contributed by atoms with Gasteiger partial charge in [-0.15, -0.1) is 0 Å². The van der Waals surface area contributed by atoms with Crippen molar-refractivity contribution in [2.45, 2.75) is 19.3 Å². The van der Waals surface area contributed by atoms with E-state index in [1.54, 1.807) is 30.3 Å². The van der Waals surface area contributed by atoms with Crippen LogP contribution in [0.25, 0.3) is 0 Å². The fraction of sp³-hybridized carbons (Fsp3) is 0.278. The molecule has 0 aliphatic heterocycles. The number of nitrogens with one attached hydrogen (secondary N) is 1. The van der Waals surface area contributed by atoms with Crippen molar-refractivity contribution >= 4 is 15.9 Å². The van der Waals surface area contributed by atoms with Gasteiger partial charge in [0.05, 0.1) is 18.4 Å². The third kappa shape index (κ3) is 6.69. The molecule has 146 valence electrons. The zero-order chi connectivity index (χ0) is 20.1. The van der Waals surface area contributed by atoms with E-state index in [9.17, 15) is 26.4 Å². The summed E-state index contributed by atoms with van der Waals surface area (Å²) in [5.74, 6) is -0.603. The Bertz CT molecular complexity index is 884. The van der Waals surface area contributed by atoms with Gasteiger partial charge in [-0.3, -0.25) is 4.79 Å². The largest absolute Gasteiger partial charge is 0.416 e. The second-order valence-electron chi connectivity index (χ2n) is 5.99. The van der Waals surface area contributed by atoms with Gasteiger partial charge in [0.1, 0.15) is 0 Å². The number of benzene rings is 2. The van der Waals surface area contributed by atoms with Gasteiger partial charge in [-0.1, -0.05) is 42.5 Å². The fourth-order valence-corrected chi connectivity index (χ4v) is 3.09. The van der Waals surface area contributed by atoms with Crippen molar-refractivity contribution in [3.8, 4) is 0 Å². The Morgan fingerprint density at radius 1 is 1.04 bits per heavy atom. The summed E-state index contributed by atoms with van der Waals surface area (Å²) in [7, 11) is -3.64. The molecule has 0 aliphatic rings. The molecule has 0 aromatic heterocycles. The van der Waals surface area contributed by atoms with E-state index >= 15 is 0 Å². The molecule has 2 aromatic carbocycles. The lowest BCUT2D eigenvalue weighted by atomic mass is 10.1. The average Bonchev–Trinajstić information content (AvgIpc) is 2.59. The number of sulfonamides is 1. The van der Waals surface area contributed by atoms with Gasteiger partial charge in [-0.2, -0.15) is 17.5 Å². The Hall–Kier alpha value is -2.39. The van der Waals surface area contributed by atoms with Crippen LogP contribution in [0.3, 0.4) is 0 Å². The summed E-state index contributed by atoms with van der Waals surface area (Å²) in [4.78, 5) is 12.1. The molecule has 5 nitrogen and oxygen atoms in total. The molecular weight excluding hydrogens is 381 g/mol. The van der Waals surface area contributed by atoms with E-state index in [1.165, 1.54) is 12.1 Å². The van der Waals surface area contributed by atoms with E-state index < -0.39 is 34.2 Å². The molecule has 9 heteroatoms. The van der Waals surface area contributed by atoms with Gasteiger partial charge in [-0.05, 0) is 23.3 Å². The Morgan fingerprint density at radius 2 is 1.67 bits per heavy atom. The molecule has 1 amide bonds. The quantitative estimate of drug-likeness (QED) is 0.777. The first kappa shape index (κ1) is 20.9. The Morgan fingerprint density at radius 3 is 2.26 bits per heavy atom. The number of amides is 1. The molecule has 0 spiro atoms. The van der Waals surface area contributed by atoms with Crippen LogP contribution in [-0.4, -0.2) is 31.4 Å². The third-order valence-corrected chi connectivity index (χ3v) is 4.93. The number of nitrogens with zero attached hydrogens (tertiary/aromatic N) is 1. The number of hydrogen-bond donors (Lipinski definition) is 1. The van der Waals surface area contributed by atoms with Gasteiger partial charge in [-0.25, -0.2) is 8.42 Å². The van der Waals surface area contributed by atoms with Crippen molar-refractivity contribution in [2.24, 2.45) is 0 Å². The first-order chi connectivity index (χ1) is 12.6. The van der Waals surface area contributed by atoms with Crippen LogP contribution in [-0.2, 0) is 34.1 Å². The smallest absolute Gasteiger partial charge is 0.351 e. The number of halogens is 3. The molecule has 0 saturated heterocycles. The van der Waals surface area contributed by atoms with E-state index in [0.29, 0.717) is 5.56 Å². The van der Waals surface area contributed by atoms with Crippen molar-refractivity contribution in [3.63, 3.8) is 0 Å². The van der Waals surface area contributed by atoms with E-state index in [4.69, 9.17) is 0 Å². The van der Waals surface area contributed by atoms with Crippen molar-refractivity contribution in [3.05, 3.63) is 71.3 Å². The molecule has 2 aromatic rings. The molecular formula is C18H19F3N2O3S. The summed E-state index contributed by atoms with van der Waals surface area (Å²) in [6, 6.07) is 13.4. The van der Waals surface area contributed by atoms with Crippen LogP contribution in [0, 0.1) is 0 Å². The molecule has 0 aliphatic carbocycles. The van der Waals surface area contributed by atoms with E-state index in [2.05, 4.69) is 5.32 Å². The topological polar surface area (TPSA) is 66.5 Å². The SMILES string of the molecule is CS(=O)(=O)N(CC(=O)NCc1cccc(C(F)(F)F)c1)Cc1ccccc1. The zero-order valence-corrected chi connectivity index (χ0v) is 15.3. The van der Waals surface area contributed by atoms with Gasteiger partial charge in [0.25, 0.3) is 0 Å². The Balaban J connectivity index is 2.00. The average molecular weight is 400 g/mol. The summed E-state index contributed by atoms with van der Waals surface area (Å²) >= 11 is 0. The molecule has 0 heterocycles. The number of alkyl halides is 3. The van der Waals surface area contributed by atoms with Crippen LogP contribution in [0.2, 0.25) is 0 Å². The highest BCUT2D eigenvalue weighted by Gasteiger charge is 2.30. The van der Waals surface area contributed by atoms with Gasteiger partial charge in [0.2, 0.25) is 15.9 Å². The van der Waals surface area contributed by atoms with Gasteiger partial charge in [0, 0.05) is 13.1 Å². The van der Waals surface area contributed by atoms with Crippen LogP contribution in [0.1, 0.15) is 16.7 Å². The van der Waals surface area contributed by atoms with Gasteiger partial charge in [0.15, 0.2) is 0 Å². The minimum Gasteiger partial charge on any atom is -0.351 e. The van der Waals surface area contributed by atoms with Crippen LogP contribution in [0.5, 0.6) is 0 Å². The predicted octanol–water partition coefficient (Wildman–Crippen LogP) is 2.78. The molecule has 0 atom stereocenters. The maximum absolute atomic E-state index is 12.7. The minimum absolute atomic E-state index is 0.0245. The number of carbonyl (C=O) groups excluding carboxylic acids is 1. The van der Waals surface area contributed by atoms with Crippen LogP contribution in [0.15, 0.2) is 54.6 Å². The van der Waals surface area contributed by atoms with Crippen LogP contribution < -0.4 is 5.32 Å². The highest BCUT2D eigenvalue weighted by molar-refractivity contribution is 7.88. The normalized spacial score (nSPS) is 12.2. The van der Waals surface area contributed by atoms with E-state index in [-0.39, 0.29) is 18.7 Å². The zero-order valence-electron chi connectivity index (χ0n) is 14.5. The Labute approximate surface area is 155 Å². The minimum atomic E-state index is -4.47. The summed E-state index contributed by atoms with van der Waals surface area (Å²) in [5.41, 5.74) is 0.178. The first-order valence-corrected chi connectivity index (χ1v) is 9.82. The lowest BCUT2D eigenvalue weighted by Gasteiger charge is -2.19. The molecule has 0 bridgehead atoms. The van der Waals surface area contributed by atoms with Crippen molar-refractivity contribution in [2.75, 3.05) is 12.8 Å². The number of hydrogen-bond acceptors (Lipinski definition) is 3. The maximum Gasteiger partial charge on any atom is 0.416 e. The molecule has 2 rings (SSSR count). The fourth-order valence-electron chi connectivity index (χ4n) is 2.35. The van der Waals surface area contributed by atoms with Crippen molar-refractivity contribution < 1.29 is 26.4 Å². The lowest BCUT2D eigenvalue weighted by Crippen LogP contribution is -2.39. The number of carbonyl (C=O) groups is 1. The molecule has 0 fully saturated rings. The predicted molar refractivity (Wildman–Crippen MR) is 95.0 cm³/mol. The summed E-state index contributed by atoms with van der Waals surface area (Å²) < 4.78 is 63.0. The molecule has 0 radical (unpaired) electrons. The standard InChI is InChI=1S/C18H19F3N2O3S/c1-27(25,26)23(12-14-6-3-2-4-7-14)13-17(24)22-11-15-8-5-9-16(10-15)18(19,20)21/h2-10H,11-13H2,1H3,(H,22,24). The summed E-state index contributed by atoms with van der Waals surface area (Å²) in [6.45, 7) is -0.533. The summed E-state index contributed by atoms with van der Waals surface area (Å²) in [6.07, 6.45) is -3.47. The van der Waals surface area contributed by atoms with E-state index in [0.717, 1.165) is 22.7 Å². The second kappa shape index (κ2) is 8.53. The molecule has 0 unspecified atom stereocenters. The highest BCUT2D eigenvalue weighted by atomic mass is 32.2. The first-order valence-electron chi connectivity index (χ1n) is 7.97. The van der Waals surface area contributed by atoms with Crippen molar-refractivity contribution in [1.29, 1.82) is 0 Å². The maximum atomic E-state index is 12.7. The van der Waals surface area contributed by atoms with E-state index in [1.807, 2.05) is 0 Å². The second-order valence-corrected chi connectivity index (χ2v) is 7.97. The van der Waals surface area contributed by atoms with Crippen LogP contribution in [0.4, 0.5) is 13.2 Å². The Kier molecular flexibility index (Phi) is 6.61. The van der Waals surface area contributed by atoms with Gasteiger partial charge < -0.3 is 5.32 Å². The van der Waals surface area contributed by atoms with Gasteiger partial charge >= 0.3 is 6.18 Å². The molecule has 1 N–H and O–H groups in total. The van der Waals surface area contributed by atoms with Crippen LogP contribution >= 0.6 is 0 Å². The van der Waals surface area contributed by atoms with Crippen molar-refractivity contribution in [1.82, 2.24) is 9.62 Å². The molecule has 0 saturated carbocycles. The summed E-state index contributed by atoms with van der Waals surface area (Å²) in [5, 5.41) is 2.45. The molecule has 27 heavy (non-hydrogen) atoms.